The van der Waals surface area contributed by atoms with E-state index in [0.29, 0.717) is 11.3 Å². The number of carbonyl (C=O) groups is 1. The highest BCUT2D eigenvalue weighted by molar-refractivity contribution is 6.32. The number of carbonyl (C=O) groups excluding carboxylic acids is 1. The highest BCUT2D eigenvalue weighted by Crippen LogP contribution is 2.35. The molecule has 98 valence electrons. The van der Waals surface area contributed by atoms with Crippen molar-refractivity contribution in [3.05, 3.63) is 28.8 Å². The molecule has 0 aliphatic carbocycles. The van der Waals surface area contributed by atoms with Gasteiger partial charge in [-0.2, -0.15) is 5.06 Å². The van der Waals surface area contributed by atoms with Gasteiger partial charge < -0.3 is 16.0 Å². The third-order valence-corrected chi connectivity index (χ3v) is 3.54. The van der Waals surface area contributed by atoms with E-state index in [1.165, 1.54) is 6.07 Å². The summed E-state index contributed by atoms with van der Waals surface area (Å²) in [5, 5.41) is 21.3. The van der Waals surface area contributed by atoms with Crippen molar-refractivity contribution in [2.45, 2.75) is 18.4 Å². The lowest BCUT2D eigenvalue weighted by atomic mass is 9.85. The van der Waals surface area contributed by atoms with Crippen LogP contribution in [0.2, 0.25) is 5.02 Å². The molecule has 18 heavy (non-hydrogen) atoms. The van der Waals surface area contributed by atoms with Gasteiger partial charge in [-0.15, -0.1) is 0 Å². The van der Waals surface area contributed by atoms with E-state index in [0.717, 1.165) is 5.06 Å². The topological polar surface area (TPSA) is 86.8 Å². The van der Waals surface area contributed by atoms with Gasteiger partial charge in [-0.3, -0.25) is 4.79 Å². The summed E-state index contributed by atoms with van der Waals surface area (Å²) in [5.41, 5.74) is 4.75. The molecule has 0 radical (unpaired) electrons. The second kappa shape index (κ2) is 4.85. The minimum Gasteiger partial charge on any atom is -0.399 e. The number of ketones is 1. The molecule has 4 N–H and O–H groups in total. The van der Waals surface area contributed by atoms with Crippen molar-refractivity contribution in [3.8, 4) is 0 Å². The predicted molar refractivity (Wildman–Crippen MR) is 67.4 cm³/mol. The van der Waals surface area contributed by atoms with E-state index < -0.39 is 5.60 Å². The van der Waals surface area contributed by atoms with Gasteiger partial charge in [-0.25, -0.2) is 0 Å². The summed E-state index contributed by atoms with van der Waals surface area (Å²) in [6, 6.07) is 4.65. The summed E-state index contributed by atoms with van der Waals surface area (Å²) in [7, 11) is 0. The Kier molecular flexibility index (Phi) is 3.59. The lowest BCUT2D eigenvalue weighted by molar-refractivity contribution is -0.138. The van der Waals surface area contributed by atoms with Gasteiger partial charge in [0.05, 0.1) is 0 Å². The molecular weight excluding hydrogens is 256 g/mol. The second-order valence-corrected chi connectivity index (χ2v) is 4.88. The molecule has 5 nitrogen and oxygen atoms in total. The Morgan fingerprint density at radius 3 is 2.78 bits per heavy atom. The third kappa shape index (κ3) is 2.35. The summed E-state index contributed by atoms with van der Waals surface area (Å²) in [6.45, 7) is 0.427. The highest BCUT2D eigenvalue weighted by Gasteiger charge is 2.40. The minimum atomic E-state index is -1.65. The fraction of sp³-hybridized carbons (Fsp3) is 0.417. The number of nitrogens with zero attached hydrogens (tertiary/aromatic N) is 1. The number of hydrogen-bond donors (Lipinski definition) is 3. The number of hydrogen-bond acceptors (Lipinski definition) is 5. The monoisotopic (exact) mass is 270 g/mol. The molecule has 1 heterocycles. The van der Waals surface area contributed by atoms with Crippen LogP contribution in [0.3, 0.4) is 0 Å². The van der Waals surface area contributed by atoms with Crippen molar-refractivity contribution in [2.75, 3.05) is 18.8 Å². The molecule has 0 saturated carbocycles. The van der Waals surface area contributed by atoms with E-state index in [1.807, 2.05) is 0 Å². The summed E-state index contributed by atoms with van der Waals surface area (Å²) in [5.74, 6) is -0.342. The van der Waals surface area contributed by atoms with E-state index in [4.69, 9.17) is 17.3 Å². The van der Waals surface area contributed by atoms with Crippen molar-refractivity contribution in [2.24, 2.45) is 0 Å². The number of nitrogens with two attached hydrogens (primary N) is 1. The Morgan fingerprint density at radius 2 is 2.11 bits per heavy atom. The maximum absolute atomic E-state index is 12.0. The van der Waals surface area contributed by atoms with Crippen LogP contribution in [0.15, 0.2) is 18.2 Å². The first kappa shape index (κ1) is 13.3. The van der Waals surface area contributed by atoms with Crippen LogP contribution >= 0.6 is 11.6 Å². The molecule has 0 amide bonds. The zero-order valence-electron chi connectivity index (χ0n) is 9.77. The Balaban J connectivity index is 2.42. The number of nitrogen functional groups attached to an aromatic ring is 1. The fourth-order valence-corrected chi connectivity index (χ4v) is 2.48. The number of anilines is 1. The largest absolute Gasteiger partial charge is 0.399 e. The van der Waals surface area contributed by atoms with Crippen molar-refractivity contribution >= 4 is 23.1 Å². The quantitative estimate of drug-likeness (QED) is 0.667. The van der Waals surface area contributed by atoms with Gasteiger partial charge in [0.1, 0.15) is 0 Å². The van der Waals surface area contributed by atoms with Gasteiger partial charge in [0, 0.05) is 42.2 Å². The zero-order valence-corrected chi connectivity index (χ0v) is 10.5. The maximum Gasteiger partial charge on any atom is 0.170 e. The first-order valence-electron chi connectivity index (χ1n) is 5.68. The average Bonchev–Trinajstić information content (AvgIpc) is 2.43. The van der Waals surface area contributed by atoms with Crippen LogP contribution in [-0.2, 0) is 10.4 Å². The molecule has 1 saturated heterocycles. The second-order valence-electron chi connectivity index (χ2n) is 4.48. The molecule has 1 aromatic carbocycles. The lowest BCUT2D eigenvalue weighted by Crippen LogP contribution is -2.36. The minimum absolute atomic E-state index is 0.0771. The summed E-state index contributed by atoms with van der Waals surface area (Å²) in [4.78, 5) is 12.0. The maximum atomic E-state index is 12.0. The van der Waals surface area contributed by atoms with Crippen LogP contribution in [0.25, 0.3) is 0 Å². The molecule has 0 aromatic heterocycles. The van der Waals surface area contributed by atoms with E-state index in [1.54, 1.807) is 12.1 Å². The molecule has 1 atom stereocenters. The van der Waals surface area contributed by atoms with Crippen LogP contribution in [0, 0.1) is 0 Å². The number of halogens is 1. The van der Waals surface area contributed by atoms with Gasteiger partial charge >= 0.3 is 0 Å². The Hall–Kier alpha value is -1.14. The number of benzene rings is 1. The number of aliphatic hydroxyl groups is 1. The van der Waals surface area contributed by atoms with Gasteiger partial charge in [0.15, 0.2) is 11.4 Å². The Labute approximate surface area is 110 Å². The average molecular weight is 271 g/mol. The molecule has 6 heteroatoms. The summed E-state index contributed by atoms with van der Waals surface area (Å²) < 4.78 is 0. The summed E-state index contributed by atoms with van der Waals surface area (Å²) >= 11 is 6.04. The molecule has 1 aliphatic heterocycles. The van der Waals surface area contributed by atoms with Crippen LogP contribution in [0.4, 0.5) is 5.69 Å². The van der Waals surface area contributed by atoms with Gasteiger partial charge in [-0.05, 0) is 12.1 Å². The molecule has 1 unspecified atom stereocenters. The molecule has 2 rings (SSSR count). The predicted octanol–water partition coefficient (Wildman–Crippen LogP) is 1.16. The van der Waals surface area contributed by atoms with Crippen molar-refractivity contribution in [1.82, 2.24) is 5.06 Å². The highest BCUT2D eigenvalue weighted by atomic mass is 35.5. The molecule has 1 aliphatic rings. The molecule has 0 bridgehead atoms. The van der Waals surface area contributed by atoms with E-state index >= 15 is 0 Å². The van der Waals surface area contributed by atoms with Crippen molar-refractivity contribution in [1.29, 1.82) is 0 Å². The fourth-order valence-electron chi connectivity index (χ4n) is 2.13. The molecular formula is C12H15ClN2O3. The van der Waals surface area contributed by atoms with Crippen LogP contribution < -0.4 is 5.73 Å². The number of rotatable bonds is 1. The van der Waals surface area contributed by atoms with Gasteiger partial charge in [-0.1, -0.05) is 17.7 Å². The van der Waals surface area contributed by atoms with Crippen LogP contribution in [-0.4, -0.2) is 34.2 Å². The van der Waals surface area contributed by atoms with Gasteiger partial charge in [0.25, 0.3) is 0 Å². The molecule has 0 spiro atoms. The van der Waals surface area contributed by atoms with Crippen molar-refractivity contribution in [3.63, 3.8) is 0 Å². The number of Topliss-reactive ketones (excluding diaryl/α,β-unsaturated/α-hetero) is 1. The Morgan fingerprint density at radius 1 is 1.39 bits per heavy atom. The normalized spacial score (nSPS) is 26.1. The Bertz CT molecular complexity index is 480. The zero-order chi connectivity index (χ0) is 13.3. The standard InChI is InChI=1S/C12H15ClN2O3/c13-10-7-8(14)1-2-9(10)12(17)4-6-15(18)5-3-11(12)16/h1-2,7,17-18H,3-6,14H2. The van der Waals surface area contributed by atoms with Crippen LogP contribution in [0.1, 0.15) is 18.4 Å². The lowest BCUT2D eigenvalue weighted by Gasteiger charge is -2.26. The first-order valence-corrected chi connectivity index (χ1v) is 6.06. The van der Waals surface area contributed by atoms with Gasteiger partial charge in [0.2, 0.25) is 0 Å². The molecule has 1 aromatic rings. The first-order chi connectivity index (χ1) is 8.43. The molecule has 1 fully saturated rings. The smallest absolute Gasteiger partial charge is 0.170 e. The third-order valence-electron chi connectivity index (χ3n) is 3.23. The summed E-state index contributed by atoms with van der Waals surface area (Å²) in [6.07, 6.45) is 0.180. The number of hydroxylamine groups is 2. The van der Waals surface area contributed by atoms with E-state index in [9.17, 15) is 15.1 Å². The van der Waals surface area contributed by atoms with Crippen LogP contribution in [0.5, 0.6) is 0 Å². The van der Waals surface area contributed by atoms with E-state index in [2.05, 4.69) is 0 Å². The SMILES string of the molecule is Nc1ccc(C2(O)CCN(O)CCC2=O)c(Cl)c1. The van der Waals surface area contributed by atoms with E-state index in [-0.39, 0.29) is 36.7 Å². The van der Waals surface area contributed by atoms with Crippen molar-refractivity contribution < 1.29 is 15.1 Å².